The lowest BCUT2D eigenvalue weighted by Gasteiger charge is -2.33. The van der Waals surface area contributed by atoms with E-state index >= 15 is 0 Å². The van der Waals surface area contributed by atoms with Crippen LogP contribution in [0.25, 0.3) is 0 Å². The van der Waals surface area contributed by atoms with Crippen molar-refractivity contribution in [1.29, 1.82) is 5.26 Å². The molecule has 1 aliphatic rings. The third-order valence-corrected chi connectivity index (χ3v) is 3.66. The molecule has 0 radical (unpaired) electrons. The largest absolute Gasteiger partial charge is 0.468 e. The fourth-order valence-corrected chi connectivity index (χ4v) is 2.48. The molecule has 0 bridgehead atoms. The highest BCUT2D eigenvalue weighted by molar-refractivity contribution is 5.99. The molecule has 0 aliphatic heterocycles. The van der Waals surface area contributed by atoms with Gasteiger partial charge in [-0.1, -0.05) is 0 Å². The van der Waals surface area contributed by atoms with Crippen molar-refractivity contribution in [1.82, 2.24) is 4.98 Å². The number of halogens is 1. The van der Waals surface area contributed by atoms with Crippen LogP contribution in [0.4, 0.5) is 4.39 Å². The number of ketones is 1. The molecule has 0 spiro atoms. The van der Waals surface area contributed by atoms with Crippen molar-refractivity contribution in [3.05, 3.63) is 29.8 Å². The van der Waals surface area contributed by atoms with Crippen molar-refractivity contribution in [3.63, 3.8) is 0 Å². The molecule has 0 aromatic carbocycles. The molecule has 2 unspecified atom stereocenters. The van der Waals surface area contributed by atoms with Gasteiger partial charge in [0, 0.05) is 6.42 Å². The summed E-state index contributed by atoms with van der Waals surface area (Å²) in [6, 6.07) is 4.77. The van der Waals surface area contributed by atoms with Crippen LogP contribution in [0.5, 0.6) is 0 Å². The van der Waals surface area contributed by atoms with Gasteiger partial charge >= 0.3 is 5.97 Å². The first-order valence-corrected chi connectivity index (χ1v) is 6.16. The van der Waals surface area contributed by atoms with Crippen LogP contribution in [-0.2, 0) is 19.7 Å². The Labute approximate surface area is 115 Å². The van der Waals surface area contributed by atoms with Crippen LogP contribution in [-0.4, -0.2) is 23.8 Å². The van der Waals surface area contributed by atoms with E-state index < -0.39 is 23.1 Å². The van der Waals surface area contributed by atoms with Crippen molar-refractivity contribution in [2.24, 2.45) is 5.92 Å². The van der Waals surface area contributed by atoms with Gasteiger partial charge in [0.25, 0.3) is 0 Å². The van der Waals surface area contributed by atoms with Gasteiger partial charge in [-0.3, -0.25) is 14.6 Å². The summed E-state index contributed by atoms with van der Waals surface area (Å²) in [7, 11) is 1.20. The van der Waals surface area contributed by atoms with Gasteiger partial charge in [0.1, 0.15) is 22.9 Å². The molecule has 1 aromatic rings. The van der Waals surface area contributed by atoms with Gasteiger partial charge in [-0.15, -0.1) is 0 Å². The van der Waals surface area contributed by atoms with Crippen LogP contribution in [0.2, 0.25) is 0 Å². The number of aromatic nitrogens is 1. The minimum Gasteiger partial charge on any atom is -0.468 e. The van der Waals surface area contributed by atoms with Gasteiger partial charge in [-0.05, 0) is 25.0 Å². The SMILES string of the molecule is COC(=O)C1CC(C#N)(c2ccc(F)cn2)CCC1=O. The summed E-state index contributed by atoms with van der Waals surface area (Å²) >= 11 is 0. The van der Waals surface area contributed by atoms with Crippen molar-refractivity contribution in [2.75, 3.05) is 7.11 Å². The average molecular weight is 276 g/mol. The number of carbonyl (C=O) groups is 2. The van der Waals surface area contributed by atoms with Crippen LogP contribution in [0.3, 0.4) is 0 Å². The van der Waals surface area contributed by atoms with E-state index in [9.17, 15) is 19.2 Å². The third kappa shape index (κ3) is 2.39. The molecular formula is C14H13FN2O3. The van der Waals surface area contributed by atoms with Crippen molar-refractivity contribution in [3.8, 4) is 6.07 Å². The number of carbonyl (C=O) groups excluding carboxylic acids is 2. The summed E-state index contributed by atoms with van der Waals surface area (Å²) in [5.41, 5.74) is -0.677. The Bertz CT molecular complexity index is 571. The first-order valence-electron chi connectivity index (χ1n) is 6.16. The van der Waals surface area contributed by atoms with Gasteiger partial charge in [-0.2, -0.15) is 5.26 Å². The molecule has 1 aromatic heterocycles. The summed E-state index contributed by atoms with van der Waals surface area (Å²) in [6.45, 7) is 0. The normalized spacial score (nSPS) is 25.9. The van der Waals surface area contributed by atoms with Crippen LogP contribution in [0.15, 0.2) is 18.3 Å². The second-order valence-corrected chi connectivity index (χ2v) is 4.80. The smallest absolute Gasteiger partial charge is 0.316 e. The summed E-state index contributed by atoms with van der Waals surface area (Å²) in [5, 5.41) is 9.48. The molecule has 5 nitrogen and oxygen atoms in total. The summed E-state index contributed by atoms with van der Waals surface area (Å²) < 4.78 is 17.5. The highest BCUT2D eigenvalue weighted by Gasteiger charge is 2.46. The molecule has 0 saturated heterocycles. The molecule has 0 amide bonds. The predicted molar refractivity (Wildman–Crippen MR) is 65.9 cm³/mol. The zero-order valence-electron chi connectivity index (χ0n) is 10.9. The molecule has 104 valence electrons. The van der Waals surface area contributed by atoms with E-state index in [1.54, 1.807) is 0 Å². The topological polar surface area (TPSA) is 80.1 Å². The lowest BCUT2D eigenvalue weighted by Crippen LogP contribution is -2.40. The number of hydrogen-bond donors (Lipinski definition) is 0. The lowest BCUT2D eigenvalue weighted by atomic mass is 9.68. The number of pyridine rings is 1. The Balaban J connectivity index is 2.36. The lowest BCUT2D eigenvalue weighted by molar-refractivity contribution is -0.151. The zero-order valence-corrected chi connectivity index (χ0v) is 10.9. The Morgan fingerprint density at radius 1 is 1.60 bits per heavy atom. The van der Waals surface area contributed by atoms with Gasteiger partial charge in [0.2, 0.25) is 0 Å². The quantitative estimate of drug-likeness (QED) is 0.604. The summed E-state index contributed by atoms with van der Waals surface area (Å²) in [6.07, 6.45) is 1.42. The minimum absolute atomic E-state index is 0.0215. The molecular weight excluding hydrogens is 263 g/mol. The number of rotatable bonds is 2. The molecule has 1 heterocycles. The second-order valence-electron chi connectivity index (χ2n) is 4.80. The number of esters is 1. The van der Waals surface area contributed by atoms with E-state index in [2.05, 4.69) is 15.8 Å². The van der Waals surface area contributed by atoms with Crippen LogP contribution in [0, 0.1) is 23.1 Å². The van der Waals surface area contributed by atoms with Crippen molar-refractivity contribution < 1.29 is 18.7 Å². The average Bonchev–Trinajstić information content (AvgIpc) is 2.48. The maximum atomic E-state index is 12.9. The number of hydrogen-bond acceptors (Lipinski definition) is 5. The van der Waals surface area contributed by atoms with Crippen molar-refractivity contribution in [2.45, 2.75) is 24.7 Å². The van der Waals surface area contributed by atoms with E-state index in [0.29, 0.717) is 5.69 Å². The first kappa shape index (κ1) is 14.1. The molecule has 1 saturated carbocycles. The van der Waals surface area contributed by atoms with E-state index in [0.717, 1.165) is 6.20 Å². The standard InChI is InChI=1S/C14H13FN2O3/c1-20-13(19)10-6-14(8-16,5-4-11(10)18)12-3-2-9(15)7-17-12/h2-3,7,10H,4-6H2,1H3. The highest BCUT2D eigenvalue weighted by Crippen LogP contribution is 2.39. The molecule has 2 rings (SSSR count). The van der Waals surface area contributed by atoms with E-state index in [-0.39, 0.29) is 25.0 Å². The number of ether oxygens (including phenoxy) is 1. The van der Waals surface area contributed by atoms with E-state index in [4.69, 9.17) is 0 Å². The molecule has 1 aliphatic carbocycles. The van der Waals surface area contributed by atoms with E-state index in [1.807, 2.05) is 0 Å². The Kier molecular flexibility index (Phi) is 3.79. The molecule has 20 heavy (non-hydrogen) atoms. The molecule has 2 atom stereocenters. The maximum absolute atomic E-state index is 12.9. The second kappa shape index (κ2) is 5.37. The molecule has 6 heteroatoms. The van der Waals surface area contributed by atoms with Crippen LogP contribution >= 0.6 is 0 Å². The van der Waals surface area contributed by atoms with Crippen LogP contribution in [0.1, 0.15) is 25.0 Å². The highest BCUT2D eigenvalue weighted by atomic mass is 19.1. The predicted octanol–water partition coefficient (Wildman–Crippen LogP) is 1.52. The van der Waals surface area contributed by atoms with Gasteiger partial charge in [0.15, 0.2) is 0 Å². The number of Topliss-reactive ketones (excluding diaryl/α,β-unsaturated/α-hetero) is 1. The van der Waals surface area contributed by atoms with E-state index in [1.165, 1.54) is 19.2 Å². The molecule has 0 N–H and O–H groups in total. The summed E-state index contributed by atoms with van der Waals surface area (Å²) in [4.78, 5) is 27.4. The van der Waals surface area contributed by atoms with Gasteiger partial charge < -0.3 is 4.74 Å². The van der Waals surface area contributed by atoms with Crippen molar-refractivity contribution >= 4 is 11.8 Å². The Morgan fingerprint density at radius 3 is 2.90 bits per heavy atom. The fourth-order valence-electron chi connectivity index (χ4n) is 2.48. The fraction of sp³-hybridized carbons (Fsp3) is 0.429. The van der Waals surface area contributed by atoms with Gasteiger partial charge in [-0.25, -0.2) is 4.39 Å². The monoisotopic (exact) mass is 276 g/mol. The molecule has 1 fully saturated rings. The maximum Gasteiger partial charge on any atom is 0.316 e. The zero-order chi connectivity index (χ0) is 14.8. The van der Waals surface area contributed by atoms with Gasteiger partial charge in [0.05, 0.1) is 25.1 Å². The minimum atomic E-state index is -1.06. The Hall–Kier alpha value is -2.29. The third-order valence-electron chi connectivity index (χ3n) is 3.66. The first-order chi connectivity index (χ1) is 9.52. The van der Waals surface area contributed by atoms with Crippen LogP contribution < -0.4 is 0 Å². The Morgan fingerprint density at radius 2 is 2.35 bits per heavy atom. The number of methoxy groups -OCH3 is 1. The number of nitrogens with zero attached hydrogens (tertiary/aromatic N) is 2. The summed E-state index contributed by atoms with van der Waals surface area (Å²) in [5.74, 6) is -2.33. The number of nitriles is 1.